The molecule has 0 fully saturated rings. The Morgan fingerprint density at radius 3 is 2.82 bits per heavy atom. The molecule has 1 rings (SSSR count). The number of hydrogen-bond acceptors (Lipinski definition) is 4. The van der Waals surface area contributed by atoms with Gasteiger partial charge in [-0.25, -0.2) is 4.98 Å². The Morgan fingerprint density at radius 2 is 2.24 bits per heavy atom. The van der Waals surface area contributed by atoms with E-state index in [2.05, 4.69) is 29.5 Å². The molecule has 0 bridgehead atoms. The number of anilines is 1. The van der Waals surface area contributed by atoms with Crippen LogP contribution < -0.4 is 5.32 Å². The molecule has 1 unspecified atom stereocenters. The molecule has 0 amide bonds. The number of pyridine rings is 1. The quantitative estimate of drug-likeness (QED) is 0.871. The molecular formula is C13H19N3S. The van der Waals surface area contributed by atoms with Crippen LogP contribution in [0.25, 0.3) is 0 Å². The summed E-state index contributed by atoms with van der Waals surface area (Å²) < 4.78 is 0. The van der Waals surface area contributed by atoms with Crippen LogP contribution in [0.4, 0.5) is 5.82 Å². The van der Waals surface area contributed by atoms with Crippen molar-refractivity contribution < 1.29 is 0 Å². The molecule has 0 radical (unpaired) electrons. The van der Waals surface area contributed by atoms with Crippen molar-refractivity contribution in [2.45, 2.75) is 33.2 Å². The van der Waals surface area contributed by atoms with Crippen LogP contribution in [0.1, 0.15) is 30.2 Å². The molecule has 3 nitrogen and oxygen atoms in total. The first kappa shape index (κ1) is 13.9. The number of aromatic nitrogens is 1. The van der Waals surface area contributed by atoms with Gasteiger partial charge in [0.1, 0.15) is 11.9 Å². The fourth-order valence-electron chi connectivity index (χ4n) is 1.68. The Balaban J connectivity index is 2.86. The van der Waals surface area contributed by atoms with Crippen molar-refractivity contribution in [3.05, 3.63) is 22.9 Å². The maximum Gasteiger partial charge on any atom is 0.144 e. The lowest BCUT2D eigenvalue weighted by atomic mass is 10.1. The highest BCUT2D eigenvalue weighted by Gasteiger charge is 2.10. The first-order chi connectivity index (χ1) is 8.08. The van der Waals surface area contributed by atoms with Gasteiger partial charge in [0, 0.05) is 11.7 Å². The summed E-state index contributed by atoms with van der Waals surface area (Å²) in [5.41, 5.74) is 2.59. The standard InChI is InChI=1S/C13H19N3S/c1-9-7-11(3)16-13(12(9)8-14)15-10(2)5-6-17-4/h7,10H,5-6H2,1-4H3,(H,15,16). The molecule has 17 heavy (non-hydrogen) atoms. The number of aryl methyl sites for hydroxylation is 2. The molecule has 1 heterocycles. The molecule has 1 N–H and O–H groups in total. The van der Waals surface area contributed by atoms with E-state index >= 15 is 0 Å². The zero-order valence-electron chi connectivity index (χ0n) is 10.9. The Hall–Kier alpha value is -1.21. The third-order valence-electron chi connectivity index (χ3n) is 2.59. The summed E-state index contributed by atoms with van der Waals surface area (Å²) in [6, 6.07) is 4.50. The third kappa shape index (κ3) is 3.94. The van der Waals surface area contributed by atoms with Crippen molar-refractivity contribution >= 4 is 17.6 Å². The summed E-state index contributed by atoms with van der Waals surface area (Å²) in [4.78, 5) is 4.41. The van der Waals surface area contributed by atoms with Gasteiger partial charge in [0.25, 0.3) is 0 Å². The summed E-state index contributed by atoms with van der Waals surface area (Å²) in [5.74, 6) is 1.83. The summed E-state index contributed by atoms with van der Waals surface area (Å²) in [5, 5.41) is 12.5. The summed E-state index contributed by atoms with van der Waals surface area (Å²) >= 11 is 1.83. The lowest BCUT2D eigenvalue weighted by Crippen LogP contribution is -2.18. The van der Waals surface area contributed by atoms with Crippen LogP contribution in [0.15, 0.2) is 6.07 Å². The van der Waals surface area contributed by atoms with Crippen LogP contribution in [-0.4, -0.2) is 23.0 Å². The van der Waals surface area contributed by atoms with Crippen molar-refractivity contribution in [1.29, 1.82) is 5.26 Å². The molecule has 1 atom stereocenters. The Morgan fingerprint density at radius 1 is 1.53 bits per heavy atom. The molecule has 0 aromatic carbocycles. The second-order valence-electron chi connectivity index (χ2n) is 4.24. The molecule has 0 saturated carbocycles. The van der Waals surface area contributed by atoms with Gasteiger partial charge in [0.15, 0.2) is 0 Å². The first-order valence-electron chi connectivity index (χ1n) is 5.72. The SMILES string of the molecule is CSCCC(C)Nc1nc(C)cc(C)c1C#N. The zero-order valence-corrected chi connectivity index (χ0v) is 11.7. The van der Waals surface area contributed by atoms with Crippen LogP contribution >= 0.6 is 11.8 Å². The van der Waals surface area contributed by atoms with E-state index in [0.29, 0.717) is 11.6 Å². The fraction of sp³-hybridized carbons (Fsp3) is 0.538. The highest BCUT2D eigenvalue weighted by molar-refractivity contribution is 7.98. The van der Waals surface area contributed by atoms with Gasteiger partial charge in [-0.2, -0.15) is 17.0 Å². The van der Waals surface area contributed by atoms with E-state index in [1.807, 2.05) is 31.7 Å². The van der Waals surface area contributed by atoms with E-state index in [1.165, 1.54) is 0 Å². The van der Waals surface area contributed by atoms with Crippen LogP contribution in [0.2, 0.25) is 0 Å². The van der Waals surface area contributed by atoms with Crippen LogP contribution in [0.5, 0.6) is 0 Å². The smallest absolute Gasteiger partial charge is 0.144 e. The maximum absolute atomic E-state index is 9.15. The average Bonchev–Trinajstić information content (AvgIpc) is 2.25. The molecule has 0 saturated heterocycles. The Kier molecular flexibility index (Phi) is 5.30. The van der Waals surface area contributed by atoms with Crippen molar-refractivity contribution in [2.24, 2.45) is 0 Å². The van der Waals surface area contributed by atoms with E-state index in [-0.39, 0.29) is 0 Å². The number of nitrogens with zero attached hydrogens (tertiary/aromatic N) is 2. The van der Waals surface area contributed by atoms with Gasteiger partial charge < -0.3 is 5.32 Å². The highest BCUT2D eigenvalue weighted by Crippen LogP contribution is 2.19. The molecule has 0 aliphatic rings. The average molecular weight is 249 g/mol. The van der Waals surface area contributed by atoms with Crippen molar-refractivity contribution in [2.75, 3.05) is 17.3 Å². The van der Waals surface area contributed by atoms with Gasteiger partial charge in [-0.1, -0.05) is 0 Å². The van der Waals surface area contributed by atoms with Crippen molar-refractivity contribution in [1.82, 2.24) is 4.98 Å². The van der Waals surface area contributed by atoms with E-state index in [9.17, 15) is 0 Å². The fourth-order valence-corrected chi connectivity index (χ4v) is 2.27. The predicted molar refractivity (Wildman–Crippen MR) is 74.5 cm³/mol. The highest BCUT2D eigenvalue weighted by atomic mass is 32.2. The van der Waals surface area contributed by atoms with E-state index < -0.39 is 0 Å². The lowest BCUT2D eigenvalue weighted by Gasteiger charge is -2.16. The molecule has 0 spiro atoms. The number of thioether (sulfide) groups is 1. The minimum atomic E-state index is 0.336. The molecule has 0 aliphatic heterocycles. The largest absolute Gasteiger partial charge is 0.366 e. The third-order valence-corrected chi connectivity index (χ3v) is 3.24. The molecule has 92 valence electrons. The van der Waals surface area contributed by atoms with Gasteiger partial charge in [-0.15, -0.1) is 0 Å². The molecule has 0 aliphatic carbocycles. The van der Waals surface area contributed by atoms with E-state index in [1.54, 1.807) is 0 Å². The van der Waals surface area contributed by atoms with Gasteiger partial charge in [0.2, 0.25) is 0 Å². The topological polar surface area (TPSA) is 48.7 Å². The first-order valence-corrected chi connectivity index (χ1v) is 7.11. The van der Waals surface area contributed by atoms with Crippen molar-refractivity contribution in [3.8, 4) is 6.07 Å². The summed E-state index contributed by atoms with van der Waals surface area (Å²) in [6.45, 7) is 6.02. The predicted octanol–water partition coefficient (Wildman–Crippen LogP) is 3.12. The molecule has 4 heteroatoms. The minimum Gasteiger partial charge on any atom is -0.366 e. The van der Waals surface area contributed by atoms with Gasteiger partial charge in [0.05, 0.1) is 5.56 Å². The van der Waals surface area contributed by atoms with E-state index in [4.69, 9.17) is 5.26 Å². The second kappa shape index (κ2) is 6.51. The van der Waals surface area contributed by atoms with Gasteiger partial charge in [-0.3, -0.25) is 0 Å². The van der Waals surface area contributed by atoms with Gasteiger partial charge in [-0.05, 0) is 50.8 Å². The van der Waals surface area contributed by atoms with Crippen molar-refractivity contribution in [3.63, 3.8) is 0 Å². The monoisotopic (exact) mass is 249 g/mol. The van der Waals surface area contributed by atoms with Crippen LogP contribution in [0.3, 0.4) is 0 Å². The maximum atomic E-state index is 9.15. The minimum absolute atomic E-state index is 0.336. The number of nitrogens with one attached hydrogen (secondary N) is 1. The van der Waals surface area contributed by atoms with Crippen LogP contribution in [0, 0.1) is 25.2 Å². The molecule has 1 aromatic rings. The molecular weight excluding hydrogens is 230 g/mol. The number of hydrogen-bond donors (Lipinski definition) is 1. The molecule has 1 aromatic heterocycles. The normalized spacial score (nSPS) is 11.9. The summed E-state index contributed by atoms with van der Waals surface area (Å²) in [7, 11) is 0. The Labute approximate surface area is 108 Å². The van der Waals surface area contributed by atoms with Gasteiger partial charge >= 0.3 is 0 Å². The second-order valence-corrected chi connectivity index (χ2v) is 5.23. The van der Waals surface area contributed by atoms with E-state index in [0.717, 1.165) is 29.2 Å². The zero-order chi connectivity index (χ0) is 12.8. The number of nitriles is 1. The number of rotatable bonds is 5. The van der Waals surface area contributed by atoms with Crippen LogP contribution in [-0.2, 0) is 0 Å². The lowest BCUT2D eigenvalue weighted by molar-refractivity contribution is 0.765. The summed E-state index contributed by atoms with van der Waals surface area (Å²) in [6.07, 6.45) is 3.17. The Bertz CT molecular complexity index is 423.